The quantitative estimate of drug-likeness (QED) is 0.440. The van der Waals surface area contributed by atoms with E-state index in [9.17, 15) is 9.59 Å². The number of morpholine rings is 1. The second kappa shape index (κ2) is 11.7. The Morgan fingerprint density at radius 1 is 0.943 bits per heavy atom. The Morgan fingerprint density at radius 3 is 2.43 bits per heavy atom. The number of rotatable bonds is 9. The molecule has 0 bridgehead atoms. The van der Waals surface area contributed by atoms with Gasteiger partial charge in [-0.1, -0.05) is 12.1 Å². The first-order valence-electron chi connectivity index (χ1n) is 11.6. The molecule has 184 valence electrons. The van der Waals surface area contributed by atoms with Crippen LogP contribution in [0.1, 0.15) is 33.9 Å². The number of hydrogen-bond acceptors (Lipinski definition) is 7. The summed E-state index contributed by atoms with van der Waals surface area (Å²) in [6.07, 6.45) is 0. The minimum atomic E-state index is -0.320. The SMILES string of the molecule is CCOc1cc(N2CCOCC2)c(OCC)cc1NC(=O)c1cccc(NC(=O)c2cccs2)c1. The van der Waals surface area contributed by atoms with E-state index in [1.165, 1.54) is 11.3 Å². The molecule has 0 spiro atoms. The van der Waals surface area contributed by atoms with Gasteiger partial charge < -0.3 is 29.7 Å². The first kappa shape index (κ1) is 24.6. The number of thiophene rings is 1. The van der Waals surface area contributed by atoms with Crippen molar-refractivity contribution in [3.05, 3.63) is 64.4 Å². The van der Waals surface area contributed by atoms with Gasteiger partial charge in [-0.25, -0.2) is 0 Å². The molecule has 1 saturated heterocycles. The van der Waals surface area contributed by atoms with Crippen LogP contribution in [0.3, 0.4) is 0 Å². The molecule has 0 aliphatic carbocycles. The van der Waals surface area contributed by atoms with E-state index in [-0.39, 0.29) is 11.8 Å². The fourth-order valence-corrected chi connectivity index (χ4v) is 4.40. The fraction of sp³-hybridized carbons (Fsp3) is 0.308. The fourth-order valence-electron chi connectivity index (χ4n) is 3.78. The molecule has 4 rings (SSSR count). The maximum atomic E-state index is 13.1. The molecule has 2 aromatic carbocycles. The predicted octanol–water partition coefficient (Wildman–Crippen LogP) is 4.89. The van der Waals surface area contributed by atoms with Crippen molar-refractivity contribution in [2.24, 2.45) is 0 Å². The number of carbonyl (C=O) groups is 2. The largest absolute Gasteiger partial charge is 0.492 e. The van der Waals surface area contributed by atoms with Crippen LogP contribution < -0.4 is 25.0 Å². The third-order valence-electron chi connectivity index (χ3n) is 5.39. The first-order valence-corrected chi connectivity index (χ1v) is 12.5. The predicted molar refractivity (Wildman–Crippen MR) is 138 cm³/mol. The molecule has 0 saturated carbocycles. The van der Waals surface area contributed by atoms with Crippen molar-refractivity contribution in [2.75, 3.05) is 55.1 Å². The van der Waals surface area contributed by atoms with Crippen molar-refractivity contribution >= 4 is 40.2 Å². The highest BCUT2D eigenvalue weighted by atomic mass is 32.1. The molecule has 1 aliphatic heterocycles. The van der Waals surface area contributed by atoms with Gasteiger partial charge in [0.05, 0.1) is 42.7 Å². The average Bonchev–Trinajstić information content (AvgIpc) is 3.42. The molecule has 1 aromatic heterocycles. The molecule has 8 nitrogen and oxygen atoms in total. The van der Waals surface area contributed by atoms with E-state index < -0.39 is 0 Å². The molecule has 35 heavy (non-hydrogen) atoms. The molecular formula is C26H29N3O5S. The molecule has 1 aliphatic rings. The number of carbonyl (C=O) groups excluding carboxylic acids is 2. The smallest absolute Gasteiger partial charge is 0.265 e. The van der Waals surface area contributed by atoms with Crippen molar-refractivity contribution in [1.82, 2.24) is 0 Å². The highest BCUT2D eigenvalue weighted by molar-refractivity contribution is 7.12. The Balaban J connectivity index is 1.57. The highest BCUT2D eigenvalue weighted by Gasteiger charge is 2.21. The third kappa shape index (κ3) is 6.12. The lowest BCUT2D eigenvalue weighted by molar-refractivity contribution is 0.101. The van der Waals surface area contributed by atoms with E-state index in [2.05, 4.69) is 15.5 Å². The standard InChI is InChI=1S/C26H29N3O5S/c1-3-33-22-17-21(29-10-12-32-13-11-29)23(34-4-2)16-20(22)28-25(30)18-7-5-8-19(15-18)27-26(31)24-9-6-14-35-24/h5-9,14-17H,3-4,10-13H2,1-2H3,(H,27,31)(H,28,30). The van der Waals surface area contributed by atoms with E-state index in [1.54, 1.807) is 36.4 Å². The zero-order valence-corrected chi connectivity index (χ0v) is 20.7. The minimum absolute atomic E-state index is 0.212. The van der Waals surface area contributed by atoms with Crippen LogP contribution in [-0.4, -0.2) is 51.3 Å². The molecule has 0 unspecified atom stereocenters. The number of ether oxygens (including phenoxy) is 3. The van der Waals surface area contributed by atoms with Gasteiger partial charge in [0.25, 0.3) is 11.8 Å². The van der Waals surface area contributed by atoms with E-state index in [4.69, 9.17) is 14.2 Å². The van der Waals surface area contributed by atoms with Crippen LogP contribution in [0.5, 0.6) is 11.5 Å². The van der Waals surface area contributed by atoms with Crippen LogP contribution in [0.4, 0.5) is 17.1 Å². The zero-order chi connectivity index (χ0) is 24.6. The summed E-state index contributed by atoms with van der Waals surface area (Å²) in [7, 11) is 0. The van der Waals surface area contributed by atoms with Crippen LogP contribution in [0.25, 0.3) is 0 Å². The van der Waals surface area contributed by atoms with E-state index in [0.717, 1.165) is 18.8 Å². The number of nitrogens with one attached hydrogen (secondary N) is 2. The van der Waals surface area contributed by atoms with Crippen LogP contribution in [0.2, 0.25) is 0 Å². The summed E-state index contributed by atoms with van der Waals surface area (Å²) in [5.41, 5.74) is 2.38. The highest BCUT2D eigenvalue weighted by Crippen LogP contribution is 2.39. The van der Waals surface area contributed by atoms with Gasteiger partial charge in [0, 0.05) is 36.5 Å². The minimum Gasteiger partial charge on any atom is -0.492 e. The lowest BCUT2D eigenvalue weighted by Crippen LogP contribution is -2.36. The summed E-state index contributed by atoms with van der Waals surface area (Å²) in [6, 6.07) is 14.1. The lowest BCUT2D eigenvalue weighted by Gasteiger charge is -2.31. The van der Waals surface area contributed by atoms with Gasteiger partial charge in [0.15, 0.2) is 0 Å². The van der Waals surface area contributed by atoms with Crippen molar-refractivity contribution < 1.29 is 23.8 Å². The van der Waals surface area contributed by atoms with Crippen molar-refractivity contribution in [2.45, 2.75) is 13.8 Å². The Bertz CT molecular complexity index is 1160. The maximum Gasteiger partial charge on any atom is 0.265 e. The van der Waals surface area contributed by atoms with E-state index >= 15 is 0 Å². The van der Waals surface area contributed by atoms with Gasteiger partial charge in [-0.05, 0) is 43.5 Å². The maximum absolute atomic E-state index is 13.1. The Hall–Kier alpha value is -3.56. The molecule has 2 amide bonds. The monoisotopic (exact) mass is 495 g/mol. The average molecular weight is 496 g/mol. The number of benzene rings is 2. The van der Waals surface area contributed by atoms with Crippen molar-refractivity contribution in [3.8, 4) is 11.5 Å². The van der Waals surface area contributed by atoms with Gasteiger partial charge >= 0.3 is 0 Å². The van der Waals surface area contributed by atoms with Crippen LogP contribution in [0, 0.1) is 0 Å². The van der Waals surface area contributed by atoms with Crippen LogP contribution in [0.15, 0.2) is 53.9 Å². The Kier molecular flexibility index (Phi) is 8.23. The van der Waals surface area contributed by atoms with Crippen molar-refractivity contribution in [3.63, 3.8) is 0 Å². The number of anilines is 3. The summed E-state index contributed by atoms with van der Waals surface area (Å²) in [5.74, 6) is 0.703. The van der Waals surface area contributed by atoms with Gasteiger partial charge in [-0.3, -0.25) is 9.59 Å². The third-order valence-corrected chi connectivity index (χ3v) is 6.26. The van der Waals surface area contributed by atoms with Crippen LogP contribution >= 0.6 is 11.3 Å². The summed E-state index contributed by atoms with van der Waals surface area (Å²) in [6.45, 7) is 7.56. The molecule has 2 N–H and O–H groups in total. The zero-order valence-electron chi connectivity index (χ0n) is 19.8. The van der Waals surface area contributed by atoms with E-state index in [0.29, 0.717) is 59.7 Å². The second-order valence-electron chi connectivity index (χ2n) is 7.75. The van der Waals surface area contributed by atoms with Gasteiger partial charge in [-0.2, -0.15) is 0 Å². The molecule has 9 heteroatoms. The van der Waals surface area contributed by atoms with Gasteiger partial charge in [0.2, 0.25) is 0 Å². The number of amides is 2. The summed E-state index contributed by atoms with van der Waals surface area (Å²) in [4.78, 5) is 28.3. The topological polar surface area (TPSA) is 89.1 Å². The first-order chi connectivity index (χ1) is 17.1. The number of hydrogen-bond donors (Lipinski definition) is 2. The lowest BCUT2D eigenvalue weighted by atomic mass is 10.1. The Labute approximate surface area is 208 Å². The molecule has 3 aromatic rings. The molecule has 0 radical (unpaired) electrons. The Morgan fingerprint density at radius 2 is 1.71 bits per heavy atom. The molecule has 1 fully saturated rings. The summed E-state index contributed by atoms with van der Waals surface area (Å²) in [5, 5.41) is 7.63. The molecular weight excluding hydrogens is 466 g/mol. The van der Waals surface area contributed by atoms with E-state index in [1.807, 2.05) is 31.4 Å². The molecule has 2 heterocycles. The van der Waals surface area contributed by atoms with Crippen LogP contribution in [-0.2, 0) is 4.74 Å². The van der Waals surface area contributed by atoms with Gasteiger partial charge in [-0.15, -0.1) is 11.3 Å². The number of nitrogens with zero attached hydrogens (tertiary/aromatic N) is 1. The molecule has 0 atom stereocenters. The van der Waals surface area contributed by atoms with Gasteiger partial charge in [0.1, 0.15) is 11.5 Å². The summed E-state index contributed by atoms with van der Waals surface area (Å²) >= 11 is 1.36. The normalized spacial score (nSPS) is 13.3. The second-order valence-corrected chi connectivity index (χ2v) is 8.70. The van der Waals surface area contributed by atoms with Crippen molar-refractivity contribution in [1.29, 1.82) is 0 Å². The summed E-state index contributed by atoms with van der Waals surface area (Å²) < 4.78 is 17.3.